The second-order valence-corrected chi connectivity index (χ2v) is 6.31. The summed E-state index contributed by atoms with van der Waals surface area (Å²) in [6, 6.07) is 6.77. The molecule has 0 unspecified atom stereocenters. The van der Waals surface area contributed by atoms with Crippen molar-refractivity contribution in [3.05, 3.63) is 33.8 Å². The van der Waals surface area contributed by atoms with Gasteiger partial charge in [0.25, 0.3) is 0 Å². The highest BCUT2D eigenvalue weighted by Crippen LogP contribution is 2.27. The molecule has 0 atom stereocenters. The first-order valence-electron chi connectivity index (χ1n) is 6.66. The summed E-state index contributed by atoms with van der Waals surface area (Å²) in [7, 11) is 0. The van der Waals surface area contributed by atoms with E-state index in [2.05, 4.69) is 53.3 Å². The molecular weight excluding hydrogens is 274 g/mol. The third-order valence-electron chi connectivity index (χ3n) is 3.69. The molecule has 1 N–H and O–H groups in total. The summed E-state index contributed by atoms with van der Waals surface area (Å²) in [5.74, 6) is 1.49. The van der Waals surface area contributed by atoms with Crippen molar-refractivity contribution in [3.63, 3.8) is 0 Å². The van der Waals surface area contributed by atoms with Gasteiger partial charge < -0.3 is 5.32 Å². The first-order valence-corrected chi connectivity index (χ1v) is 7.45. The van der Waals surface area contributed by atoms with E-state index in [1.165, 1.54) is 42.4 Å². The summed E-state index contributed by atoms with van der Waals surface area (Å²) < 4.78 is 1.21. The molecule has 2 rings (SSSR count). The Kier molecular flexibility index (Phi) is 4.63. The van der Waals surface area contributed by atoms with Crippen molar-refractivity contribution in [1.29, 1.82) is 0 Å². The van der Waals surface area contributed by atoms with Gasteiger partial charge in [-0.25, -0.2) is 0 Å². The van der Waals surface area contributed by atoms with Crippen LogP contribution >= 0.6 is 15.9 Å². The summed E-state index contributed by atoms with van der Waals surface area (Å²) in [6.45, 7) is 6.95. The Balaban J connectivity index is 2.14. The van der Waals surface area contributed by atoms with Crippen molar-refractivity contribution >= 4 is 15.9 Å². The molecule has 0 aliphatic carbocycles. The Labute approximate surface area is 113 Å². The van der Waals surface area contributed by atoms with E-state index in [1.807, 2.05) is 0 Å². The van der Waals surface area contributed by atoms with Crippen LogP contribution in [0.25, 0.3) is 0 Å². The Morgan fingerprint density at radius 2 is 2.00 bits per heavy atom. The third-order valence-corrected chi connectivity index (χ3v) is 4.19. The fraction of sp³-hybridized carbons (Fsp3) is 0.600. The summed E-state index contributed by atoms with van der Waals surface area (Å²) in [6.07, 6.45) is 3.89. The monoisotopic (exact) mass is 295 g/mol. The van der Waals surface area contributed by atoms with Gasteiger partial charge in [-0.3, -0.25) is 0 Å². The maximum atomic E-state index is 3.60. The van der Waals surface area contributed by atoms with Crippen molar-refractivity contribution in [3.8, 4) is 0 Å². The molecule has 0 radical (unpaired) electrons. The van der Waals surface area contributed by atoms with Crippen molar-refractivity contribution in [2.24, 2.45) is 5.92 Å². The van der Waals surface area contributed by atoms with Gasteiger partial charge in [-0.1, -0.05) is 35.8 Å². The Hall–Kier alpha value is -0.340. The molecule has 0 amide bonds. The zero-order valence-corrected chi connectivity index (χ0v) is 12.4. The second-order valence-electron chi connectivity index (χ2n) is 5.40. The predicted octanol–water partition coefficient (Wildman–Crippen LogP) is 4.11. The van der Waals surface area contributed by atoms with E-state index in [1.54, 1.807) is 5.56 Å². The fourth-order valence-electron chi connectivity index (χ4n) is 2.71. The van der Waals surface area contributed by atoms with Crippen LogP contribution in [0.3, 0.4) is 0 Å². The standard InChI is InChI=1S/C15H22BrN/c1-11(2)15-4-3-14(16)10-13(15)9-12-5-7-17-8-6-12/h3-4,10-12,17H,5-9H2,1-2H3. The van der Waals surface area contributed by atoms with Crippen molar-refractivity contribution < 1.29 is 0 Å². The van der Waals surface area contributed by atoms with Gasteiger partial charge in [-0.05, 0) is 67.4 Å². The molecule has 0 spiro atoms. The maximum absolute atomic E-state index is 3.60. The molecule has 0 bridgehead atoms. The first kappa shape index (κ1) is 13.1. The molecule has 1 saturated heterocycles. The SMILES string of the molecule is CC(C)c1ccc(Br)cc1CC1CCNCC1. The molecule has 1 fully saturated rings. The molecule has 1 aliphatic heterocycles. The van der Waals surface area contributed by atoms with Gasteiger partial charge in [0.1, 0.15) is 0 Å². The smallest absolute Gasteiger partial charge is 0.0178 e. The van der Waals surface area contributed by atoms with E-state index in [0.29, 0.717) is 5.92 Å². The predicted molar refractivity (Wildman–Crippen MR) is 77.5 cm³/mol. The van der Waals surface area contributed by atoms with Gasteiger partial charge in [0, 0.05) is 4.47 Å². The highest BCUT2D eigenvalue weighted by atomic mass is 79.9. The van der Waals surface area contributed by atoms with Gasteiger partial charge >= 0.3 is 0 Å². The quantitative estimate of drug-likeness (QED) is 0.885. The van der Waals surface area contributed by atoms with Gasteiger partial charge in [0.15, 0.2) is 0 Å². The number of nitrogens with one attached hydrogen (secondary N) is 1. The number of rotatable bonds is 3. The van der Waals surface area contributed by atoms with Crippen LogP contribution in [0.4, 0.5) is 0 Å². The summed E-state index contributed by atoms with van der Waals surface area (Å²) in [4.78, 5) is 0. The topological polar surface area (TPSA) is 12.0 Å². The van der Waals surface area contributed by atoms with Crippen LogP contribution in [-0.4, -0.2) is 13.1 Å². The lowest BCUT2D eigenvalue weighted by molar-refractivity contribution is 0.371. The lowest BCUT2D eigenvalue weighted by Crippen LogP contribution is -2.28. The van der Waals surface area contributed by atoms with Gasteiger partial charge in [0.05, 0.1) is 0 Å². The van der Waals surface area contributed by atoms with E-state index in [0.717, 1.165) is 5.92 Å². The van der Waals surface area contributed by atoms with Crippen molar-refractivity contribution in [1.82, 2.24) is 5.32 Å². The van der Waals surface area contributed by atoms with Crippen molar-refractivity contribution in [2.45, 2.75) is 39.0 Å². The number of piperidine rings is 1. The fourth-order valence-corrected chi connectivity index (χ4v) is 3.12. The van der Waals surface area contributed by atoms with Gasteiger partial charge in [0.2, 0.25) is 0 Å². The van der Waals surface area contributed by atoms with Crippen LogP contribution < -0.4 is 5.32 Å². The van der Waals surface area contributed by atoms with E-state index in [9.17, 15) is 0 Å². The van der Waals surface area contributed by atoms with Crippen LogP contribution in [0.1, 0.15) is 43.7 Å². The van der Waals surface area contributed by atoms with Crippen LogP contribution in [0.5, 0.6) is 0 Å². The van der Waals surface area contributed by atoms with Crippen molar-refractivity contribution in [2.75, 3.05) is 13.1 Å². The zero-order valence-electron chi connectivity index (χ0n) is 10.8. The first-order chi connectivity index (χ1) is 8.16. The van der Waals surface area contributed by atoms with Crippen LogP contribution in [0, 0.1) is 5.92 Å². The molecule has 1 heterocycles. The van der Waals surface area contributed by atoms with E-state index < -0.39 is 0 Å². The lowest BCUT2D eigenvalue weighted by Gasteiger charge is -2.24. The van der Waals surface area contributed by atoms with E-state index >= 15 is 0 Å². The van der Waals surface area contributed by atoms with Crippen LogP contribution in [0.15, 0.2) is 22.7 Å². The number of halogens is 1. The third kappa shape index (κ3) is 3.56. The van der Waals surface area contributed by atoms with Crippen LogP contribution in [0.2, 0.25) is 0 Å². The number of hydrogen-bond donors (Lipinski definition) is 1. The minimum atomic E-state index is 0.625. The minimum Gasteiger partial charge on any atom is -0.317 e. The molecule has 2 heteroatoms. The van der Waals surface area contributed by atoms with E-state index in [4.69, 9.17) is 0 Å². The van der Waals surface area contributed by atoms with E-state index in [-0.39, 0.29) is 0 Å². The maximum Gasteiger partial charge on any atom is 0.0178 e. The summed E-state index contributed by atoms with van der Waals surface area (Å²) >= 11 is 3.60. The Morgan fingerprint density at radius 1 is 1.29 bits per heavy atom. The average molecular weight is 296 g/mol. The molecule has 1 aromatic carbocycles. The molecule has 1 aliphatic rings. The average Bonchev–Trinajstić information content (AvgIpc) is 2.30. The largest absolute Gasteiger partial charge is 0.317 e. The molecule has 94 valence electrons. The molecule has 0 aromatic heterocycles. The Bertz CT molecular complexity index is 367. The minimum absolute atomic E-state index is 0.625. The Morgan fingerprint density at radius 3 is 2.65 bits per heavy atom. The molecular formula is C15H22BrN. The van der Waals surface area contributed by atoms with Crippen LogP contribution in [-0.2, 0) is 6.42 Å². The molecule has 1 aromatic rings. The lowest BCUT2D eigenvalue weighted by atomic mass is 9.86. The number of hydrogen-bond acceptors (Lipinski definition) is 1. The van der Waals surface area contributed by atoms with Gasteiger partial charge in [-0.2, -0.15) is 0 Å². The highest BCUT2D eigenvalue weighted by molar-refractivity contribution is 9.10. The molecule has 0 saturated carbocycles. The summed E-state index contributed by atoms with van der Waals surface area (Å²) in [5.41, 5.74) is 3.06. The second kappa shape index (κ2) is 6.01. The zero-order chi connectivity index (χ0) is 12.3. The molecule has 17 heavy (non-hydrogen) atoms. The molecule has 1 nitrogen and oxygen atoms in total. The highest BCUT2D eigenvalue weighted by Gasteiger charge is 2.16. The number of benzene rings is 1. The summed E-state index contributed by atoms with van der Waals surface area (Å²) in [5, 5.41) is 3.44. The van der Waals surface area contributed by atoms with Gasteiger partial charge in [-0.15, -0.1) is 0 Å². The normalized spacial score (nSPS) is 17.6.